The topological polar surface area (TPSA) is 101 Å². The average molecular weight is 351 g/mol. The highest BCUT2D eigenvalue weighted by atomic mass is 32.1. The van der Waals surface area contributed by atoms with Gasteiger partial charge in [-0.15, -0.1) is 11.3 Å². The van der Waals surface area contributed by atoms with Crippen LogP contribution in [0.4, 0.5) is 0 Å². The molecule has 7 nitrogen and oxygen atoms in total. The van der Waals surface area contributed by atoms with E-state index < -0.39 is 11.5 Å². The van der Waals surface area contributed by atoms with Gasteiger partial charge in [-0.1, -0.05) is 13.8 Å². The lowest BCUT2D eigenvalue weighted by atomic mass is 10.2. The Balaban J connectivity index is 2.52. The summed E-state index contributed by atoms with van der Waals surface area (Å²) in [6.45, 7) is 5.64. The van der Waals surface area contributed by atoms with Crippen LogP contribution in [0.3, 0.4) is 0 Å². The molecule has 1 unspecified atom stereocenters. The van der Waals surface area contributed by atoms with E-state index in [4.69, 9.17) is 0 Å². The van der Waals surface area contributed by atoms with Crippen LogP contribution in [0.15, 0.2) is 10.2 Å². The fourth-order valence-corrected chi connectivity index (χ4v) is 3.29. The lowest BCUT2D eigenvalue weighted by molar-refractivity contribution is -0.122. The van der Waals surface area contributed by atoms with E-state index in [0.29, 0.717) is 17.1 Å². The Hall–Kier alpha value is -2.22. The van der Waals surface area contributed by atoms with Crippen molar-refractivity contribution in [1.82, 2.24) is 14.9 Å². The van der Waals surface area contributed by atoms with Crippen LogP contribution in [0.1, 0.15) is 49.8 Å². The Labute approximate surface area is 143 Å². The standard InChI is InChI=1S/C16H21N3O4S/c1-4-6-11-18-14-13(10(8-24-14)16(22)23)15(21)19(11)7-12(20)17-9(3)5-2/h8-9H,4-7H2,1-3H3,(H,17,20)(H,22,23). The zero-order valence-corrected chi connectivity index (χ0v) is 14.8. The molecule has 0 spiro atoms. The van der Waals surface area contributed by atoms with Gasteiger partial charge in [-0.25, -0.2) is 9.78 Å². The molecule has 0 aliphatic rings. The maximum Gasteiger partial charge on any atom is 0.337 e. The zero-order chi connectivity index (χ0) is 17.9. The molecule has 24 heavy (non-hydrogen) atoms. The van der Waals surface area contributed by atoms with Gasteiger partial charge >= 0.3 is 5.97 Å². The van der Waals surface area contributed by atoms with Crippen molar-refractivity contribution < 1.29 is 14.7 Å². The van der Waals surface area contributed by atoms with E-state index in [1.165, 1.54) is 9.95 Å². The van der Waals surface area contributed by atoms with Gasteiger partial charge in [-0.2, -0.15) is 0 Å². The Morgan fingerprint density at radius 3 is 2.71 bits per heavy atom. The van der Waals surface area contributed by atoms with Crippen LogP contribution in [-0.2, 0) is 17.8 Å². The van der Waals surface area contributed by atoms with Crippen molar-refractivity contribution in [3.8, 4) is 0 Å². The first-order valence-electron chi connectivity index (χ1n) is 7.92. The van der Waals surface area contributed by atoms with Crippen LogP contribution < -0.4 is 10.9 Å². The Morgan fingerprint density at radius 2 is 2.12 bits per heavy atom. The number of fused-ring (bicyclic) bond motifs is 1. The molecule has 0 bridgehead atoms. The van der Waals surface area contributed by atoms with E-state index in [0.717, 1.165) is 24.2 Å². The summed E-state index contributed by atoms with van der Waals surface area (Å²) < 4.78 is 1.29. The molecule has 2 rings (SSSR count). The molecule has 0 fully saturated rings. The largest absolute Gasteiger partial charge is 0.478 e. The Morgan fingerprint density at radius 1 is 1.42 bits per heavy atom. The molecule has 2 aromatic rings. The minimum atomic E-state index is -1.17. The van der Waals surface area contributed by atoms with E-state index in [-0.39, 0.29) is 29.4 Å². The van der Waals surface area contributed by atoms with Gasteiger partial charge < -0.3 is 10.4 Å². The summed E-state index contributed by atoms with van der Waals surface area (Å²) in [5.41, 5.74) is -0.534. The number of hydrogen-bond acceptors (Lipinski definition) is 5. The lowest BCUT2D eigenvalue weighted by Crippen LogP contribution is -2.38. The first-order valence-corrected chi connectivity index (χ1v) is 8.80. The fraction of sp³-hybridized carbons (Fsp3) is 0.500. The van der Waals surface area contributed by atoms with E-state index in [2.05, 4.69) is 10.3 Å². The predicted octanol–water partition coefficient (Wildman–Crippen LogP) is 2.02. The Kier molecular flexibility index (Phi) is 5.71. The van der Waals surface area contributed by atoms with Crippen molar-refractivity contribution >= 4 is 33.4 Å². The minimum absolute atomic E-state index is 0.00949. The van der Waals surface area contributed by atoms with Gasteiger partial charge in [-0.05, 0) is 19.8 Å². The highest BCUT2D eigenvalue weighted by Crippen LogP contribution is 2.22. The molecular weight excluding hydrogens is 330 g/mol. The maximum absolute atomic E-state index is 12.8. The average Bonchev–Trinajstić information content (AvgIpc) is 2.95. The summed E-state index contributed by atoms with van der Waals surface area (Å²) in [7, 11) is 0. The highest BCUT2D eigenvalue weighted by Gasteiger charge is 2.20. The molecule has 0 aliphatic carbocycles. The normalized spacial score (nSPS) is 12.3. The number of hydrogen-bond donors (Lipinski definition) is 2. The smallest absolute Gasteiger partial charge is 0.337 e. The number of aromatic nitrogens is 2. The lowest BCUT2D eigenvalue weighted by Gasteiger charge is -2.15. The molecule has 0 radical (unpaired) electrons. The number of nitrogens with one attached hydrogen (secondary N) is 1. The summed E-state index contributed by atoms with van der Waals surface area (Å²) in [6.07, 6.45) is 2.09. The van der Waals surface area contributed by atoms with Crippen LogP contribution in [-0.4, -0.2) is 32.6 Å². The van der Waals surface area contributed by atoms with Crippen LogP contribution in [0, 0.1) is 0 Å². The number of amides is 1. The first-order chi connectivity index (χ1) is 11.4. The molecule has 0 aromatic carbocycles. The predicted molar refractivity (Wildman–Crippen MR) is 92.7 cm³/mol. The third-order valence-electron chi connectivity index (χ3n) is 3.80. The second-order valence-electron chi connectivity index (χ2n) is 5.68. The molecular formula is C16H21N3O4S. The number of rotatable bonds is 7. The summed E-state index contributed by atoms with van der Waals surface area (Å²) >= 11 is 1.13. The molecule has 130 valence electrons. The van der Waals surface area contributed by atoms with Gasteiger partial charge in [0.2, 0.25) is 5.91 Å². The fourth-order valence-electron chi connectivity index (χ4n) is 2.37. The van der Waals surface area contributed by atoms with Crippen LogP contribution >= 0.6 is 11.3 Å². The zero-order valence-electron chi connectivity index (χ0n) is 14.0. The molecule has 2 aromatic heterocycles. The molecule has 1 atom stereocenters. The van der Waals surface area contributed by atoms with Gasteiger partial charge in [0.15, 0.2) is 0 Å². The number of carboxylic acid groups (broad SMARTS) is 1. The van der Waals surface area contributed by atoms with Gasteiger partial charge in [0.1, 0.15) is 17.2 Å². The molecule has 2 heterocycles. The van der Waals surface area contributed by atoms with Crippen molar-refractivity contribution in [3.05, 3.63) is 27.1 Å². The maximum atomic E-state index is 12.8. The van der Waals surface area contributed by atoms with Gasteiger partial charge in [0.25, 0.3) is 5.56 Å². The van der Waals surface area contributed by atoms with E-state index in [1.807, 2.05) is 20.8 Å². The highest BCUT2D eigenvalue weighted by molar-refractivity contribution is 7.17. The van der Waals surface area contributed by atoms with Crippen molar-refractivity contribution in [2.75, 3.05) is 0 Å². The van der Waals surface area contributed by atoms with Crippen LogP contribution in [0.25, 0.3) is 10.2 Å². The van der Waals surface area contributed by atoms with Gasteiger partial charge in [0.05, 0.1) is 10.9 Å². The van der Waals surface area contributed by atoms with Gasteiger partial charge in [0, 0.05) is 17.8 Å². The third kappa shape index (κ3) is 3.64. The number of aromatic carboxylic acids is 1. The second-order valence-corrected chi connectivity index (χ2v) is 6.54. The summed E-state index contributed by atoms with van der Waals surface area (Å²) in [4.78, 5) is 41.1. The second kappa shape index (κ2) is 7.57. The van der Waals surface area contributed by atoms with Crippen molar-refractivity contribution in [3.63, 3.8) is 0 Å². The number of carbonyl (C=O) groups excluding carboxylic acids is 1. The van der Waals surface area contributed by atoms with E-state index >= 15 is 0 Å². The number of carbonyl (C=O) groups is 2. The quantitative estimate of drug-likeness (QED) is 0.795. The van der Waals surface area contributed by atoms with Crippen LogP contribution in [0.5, 0.6) is 0 Å². The van der Waals surface area contributed by atoms with Crippen molar-refractivity contribution in [2.24, 2.45) is 0 Å². The summed E-state index contributed by atoms with van der Waals surface area (Å²) in [5.74, 6) is -0.941. The summed E-state index contributed by atoms with van der Waals surface area (Å²) in [6, 6.07) is 0.00949. The number of carboxylic acids is 1. The van der Waals surface area contributed by atoms with Gasteiger partial charge in [-0.3, -0.25) is 14.2 Å². The third-order valence-corrected chi connectivity index (χ3v) is 4.67. The Bertz CT molecular complexity index is 825. The molecule has 1 amide bonds. The number of thiophene rings is 1. The SMILES string of the molecule is CCCc1nc2scc(C(=O)O)c2c(=O)n1CC(=O)NC(C)CC. The monoisotopic (exact) mass is 351 g/mol. The molecule has 0 saturated heterocycles. The first kappa shape index (κ1) is 18.1. The molecule has 2 N–H and O–H groups in total. The summed E-state index contributed by atoms with van der Waals surface area (Å²) in [5, 5.41) is 13.5. The minimum Gasteiger partial charge on any atom is -0.478 e. The van der Waals surface area contributed by atoms with E-state index in [9.17, 15) is 19.5 Å². The number of aryl methyl sites for hydroxylation is 1. The molecule has 0 aliphatic heterocycles. The van der Waals surface area contributed by atoms with E-state index in [1.54, 1.807) is 0 Å². The van der Waals surface area contributed by atoms with Crippen LogP contribution in [0.2, 0.25) is 0 Å². The molecule has 0 saturated carbocycles. The van der Waals surface area contributed by atoms with Crippen molar-refractivity contribution in [2.45, 2.75) is 52.6 Å². The van der Waals surface area contributed by atoms with Crippen molar-refractivity contribution in [1.29, 1.82) is 0 Å². The number of nitrogens with zero attached hydrogens (tertiary/aromatic N) is 2. The molecule has 8 heteroatoms.